The molecule has 1 aromatic carbocycles. The van der Waals surface area contributed by atoms with Crippen LogP contribution in [0.15, 0.2) is 18.2 Å². The number of likely N-dealkylation sites (N-methyl/N-ethyl adjacent to an activating group) is 1. The van der Waals surface area contributed by atoms with E-state index in [9.17, 15) is 4.79 Å². The fourth-order valence-electron chi connectivity index (χ4n) is 2.71. The number of fused-ring (bicyclic) bond motifs is 1. The SMILES string of the molecule is CCNC1(C(=O)OC)CCc2ccc(C)cc21. The number of ether oxygens (including phenoxy) is 1. The van der Waals surface area contributed by atoms with Gasteiger partial charge in [0.05, 0.1) is 7.11 Å². The van der Waals surface area contributed by atoms with Crippen LogP contribution in [0.4, 0.5) is 0 Å². The molecule has 0 aliphatic heterocycles. The fourth-order valence-corrected chi connectivity index (χ4v) is 2.71. The van der Waals surface area contributed by atoms with E-state index in [-0.39, 0.29) is 5.97 Å². The topological polar surface area (TPSA) is 38.3 Å². The average Bonchev–Trinajstić information content (AvgIpc) is 2.68. The van der Waals surface area contributed by atoms with E-state index in [1.165, 1.54) is 18.2 Å². The van der Waals surface area contributed by atoms with E-state index in [4.69, 9.17) is 4.74 Å². The van der Waals surface area contributed by atoms with Crippen LogP contribution in [0.25, 0.3) is 0 Å². The highest BCUT2D eigenvalue weighted by molar-refractivity contribution is 5.84. The summed E-state index contributed by atoms with van der Waals surface area (Å²) in [5.41, 5.74) is 2.88. The summed E-state index contributed by atoms with van der Waals surface area (Å²) in [7, 11) is 1.45. The van der Waals surface area contributed by atoms with Crippen molar-refractivity contribution < 1.29 is 9.53 Å². The zero-order valence-electron chi connectivity index (χ0n) is 10.7. The zero-order valence-corrected chi connectivity index (χ0v) is 10.7. The number of rotatable bonds is 3. The molecule has 0 aromatic heterocycles. The number of carbonyl (C=O) groups is 1. The van der Waals surface area contributed by atoms with E-state index >= 15 is 0 Å². The summed E-state index contributed by atoms with van der Waals surface area (Å²) in [5, 5.41) is 3.32. The third-order valence-electron chi connectivity index (χ3n) is 3.51. The minimum absolute atomic E-state index is 0.177. The van der Waals surface area contributed by atoms with Crippen molar-refractivity contribution in [1.82, 2.24) is 5.32 Å². The molecule has 3 heteroatoms. The third-order valence-corrected chi connectivity index (χ3v) is 3.51. The van der Waals surface area contributed by atoms with Crippen LogP contribution in [0.3, 0.4) is 0 Å². The molecule has 1 aliphatic carbocycles. The van der Waals surface area contributed by atoms with E-state index in [1.807, 2.05) is 13.8 Å². The highest BCUT2D eigenvalue weighted by Gasteiger charge is 2.45. The molecular formula is C14H19NO2. The molecule has 1 aliphatic rings. The van der Waals surface area contributed by atoms with Crippen LogP contribution in [0.2, 0.25) is 0 Å². The van der Waals surface area contributed by atoms with Crippen LogP contribution in [-0.4, -0.2) is 19.6 Å². The van der Waals surface area contributed by atoms with Gasteiger partial charge in [0.2, 0.25) is 0 Å². The molecule has 0 heterocycles. The Morgan fingerprint density at radius 3 is 2.94 bits per heavy atom. The van der Waals surface area contributed by atoms with Crippen molar-refractivity contribution in [2.45, 2.75) is 32.2 Å². The van der Waals surface area contributed by atoms with Gasteiger partial charge in [0.1, 0.15) is 5.54 Å². The quantitative estimate of drug-likeness (QED) is 0.811. The molecule has 0 saturated carbocycles. The van der Waals surface area contributed by atoms with Gasteiger partial charge in [-0.2, -0.15) is 0 Å². The number of aryl methyl sites for hydroxylation is 2. The Kier molecular flexibility index (Phi) is 3.20. The Morgan fingerprint density at radius 1 is 1.53 bits per heavy atom. The van der Waals surface area contributed by atoms with E-state index in [1.54, 1.807) is 0 Å². The fraction of sp³-hybridized carbons (Fsp3) is 0.500. The van der Waals surface area contributed by atoms with E-state index < -0.39 is 5.54 Å². The summed E-state index contributed by atoms with van der Waals surface area (Å²) in [6, 6.07) is 6.31. The Bertz CT molecular complexity index is 438. The first kappa shape index (κ1) is 12.1. The van der Waals surface area contributed by atoms with Crippen LogP contribution in [-0.2, 0) is 21.5 Å². The van der Waals surface area contributed by atoms with E-state index in [0.717, 1.165) is 24.9 Å². The normalized spacial score (nSPS) is 22.3. The maximum Gasteiger partial charge on any atom is 0.330 e. The minimum Gasteiger partial charge on any atom is -0.467 e. The van der Waals surface area contributed by atoms with Crippen molar-refractivity contribution in [3.05, 3.63) is 34.9 Å². The molecule has 0 bridgehead atoms. The van der Waals surface area contributed by atoms with Crippen LogP contribution in [0.1, 0.15) is 30.0 Å². The maximum absolute atomic E-state index is 12.1. The second kappa shape index (κ2) is 4.49. The van der Waals surface area contributed by atoms with Gasteiger partial charge in [-0.25, -0.2) is 4.79 Å². The Morgan fingerprint density at radius 2 is 2.29 bits per heavy atom. The summed E-state index contributed by atoms with van der Waals surface area (Å²) in [6.07, 6.45) is 1.71. The number of carbonyl (C=O) groups excluding carboxylic acids is 1. The van der Waals surface area contributed by atoms with Crippen LogP contribution < -0.4 is 5.32 Å². The minimum atomic E-state index is -0.634. The predicted octanol–water partition coefficient (Wildman–Crippen LogP) is 1.92. The smallest absolute Gasteiger partial charge is 0.330 e. The van der Waals surface area contributed by atoms with Gasteiger partial charge in [0.25, 0.3) is 0 Å². The van der Waals surface area contributed by atoms with Gasteiger partial charge in [0.15, 0.2) is 0 Å². The first-order valence-electron chi connectivity index (χ1n) is 6.07. The molecule has 92 valence electrons. The van der Waals surface area contributed by atoms with Crippen molar-refractivity contribution >= 4 is 5.97 Å². The van der Waals surface area contributed by atoms with Gasteiger partial charge in [-0.1, -0.05) is 30.7 Å². The highest BCUT2D eigenvalue weighted by atomic mass is 16.5. The van der Waals surface area contributed by atoms with Crippen molar-refractivity contribution in [1.29, 1.82) is 0 Å². The number of nitrogens with one attached hydrogen (secondary N) is 1. The molecule has 1 aromatic rings. The highest BCUT2D eigenvalue weighted by Crippen LogP contribution is 2.38. The Hall–Kier alpha value is -1.35. The van der Waals surface area contributed by atoms with Crippen molar-refractivity contribution in [3.8, 4) is 0 Å². The molecule has 0 amide bonds. The lowest BCUT2D eigenvalue weighted by atomic mass is 9.90. The molecule has 1 N–H and O–H groups in total. The lowest BCUT2D eigenvalue weighted by molar-refractivity contribution is -0.149. The van der Waals surface area contributed by atoms with Gasteiger partial charge < -0.3 is 4.74 Å². The molecule has 1 unspecified atom stereocenters. The molecule has 17 heavy (non-hydrogen) atoms. The number of hydrogen-bond donors (Lipinski definition) is 1. The van der Waals surface area contributed by atoms with Gasteiger partial charge in [0, 0.05) is 0 Å². The molecule has 0 fully saturated rings. The molecule has 0 spiro atoms. The van der Waals surface area contributed by atoms with Crippen molar-refractivity contribution in [2.75, 3.05) is 13.7 Å². The second-order valence-electron chi connectivity index (χ2n) is 4.59. The standard InChI is InChI=1S/C14H19NO2/c1-4-15-14(13(16)17-3)8-7-11-6-5-10(2)9-12(11)14/h5-6,9,15H,4,7-8H2,1-3H3. The lowest BCUT2D eigenvalue weighted by Gasteiger charge is -2.28. The number of benzene rings is 1. The largest absolute Gasteiger partial charge is 0.467 e. The molecule has 1 atom stereocenters. The molecule has 2 rings (SSSR count). The number of esters is 1. The Balaban J connectivity index is 2.51. The van der Waals surface area contributed by atoms with Crippen LogP contribution in [0, 0.1) is 6.92 Å². The van der Waals surface area contributed by atoms with Crippen LogP contribution >= 0.6 is 0 Å². The maximum atomic E-state index is 12.1. The third kappa shape index (κ3) is 1.84. The van der Waals surface area contributed by atoms with Crippen molar-refractivity contribution in [2.24, 2.45) is 0 Å². The Labute approximate surface area is 102 Å². The second-order valence-corrected chi connectivity index (χ2v) is 4.59. The molecular weight excluding hydrogens is 214 g/mol. The summed E-state index contributed by atoms with van der Waals surface area (Å²) >= 11 is 0. The zero-order chi connectivity index (χ0) is 12.5. The monoisotopic (exact) mass is 233 g/mol. The summed E-state index contributed by atoms with van der Waals surface area (Å²) < 4.78 is 4.99. The molecule has 0 saturated heterocycles. The number of hydrogen-bond acceptors (Lipinski definition) is 3. The van der Waals surface area contributed by atoms with Gasteiger partial charge in [-0.3, -0.25) is 5.32 Å². The molecule has 3 nitrogen and oxygen atoms in total. The van der Waals surface area contributed by atoms with E-state index in [0.29, 0.717) is 0 Å². The van der Waals surface area contributed by atoms with Crippen LogP contribution in [0.5, 0.6) is 0 Å². The summed E-state index contributed by atoms with van der Waals surface area (Å²) in [5.74, 6) is -0.177. The van der Waals surface area contributed by atoms with Gasteiger partial charge >= 0.3 is 5.97 Å². The average molecular weight is 233 g/mol. The number of methoxy groups -OCH3 is 1. The summed E-state index contributed by atoms with van der Waals surface area (Å²) in [4.78, 5) is 12.1. The van der Waals surface area contributed by atoms with Gasteiger partial charge in [-0.15, -0.1) is 0 Å². The van der Waals surface area contributed by atoms with Gasteiger partial charge in [-0.05, 0) is 37.4 Å². The van der Waals surface area contributed by atoms with Crippen molar-refractivity contribution in [3.63, 3.8) is 0 Å². The predicted molar refractivity (Wildman–Crippen MR) is 66.9 cm³/mol. The molecule has 0 radical (unpaired) electrons. The first-order valence-corrected chi connectivity index (χ1v) is 6.07. The lowest BCUT2D eigenvalue weighted by Crippen LogP contribution is -2.48. The summed E-state index contributed by atoms with van der Waals surface area (Å²) in [6.45, 7) is 4.81. The first-order chi connectivity index (χ1) is 8.14. The van der Waals surface area contributed by atoms with E-state index in [2.05, 4.69) is 23.5 Å².